The lowest BCUT2D eigenvalue weighted by atomic mass is 10.2. The van der Waals surface area contributed by atoms with E-state index in [9.17, 15) is 9.90 Å². The minimum atomic E-state index is -0.230. The van der Waals surface area contributed by atoms with Gasteiger partial charge in [0.25, 0.3) is 5.91 Å². The number of amides is 1. The van der Waals surface area contributed by atoms with Crippen molar-refractivity contribution in [3.63, 3.8) is 0 Å². The number of aryl methyl sites for hydroxylation is 1. The first-order valence-corrected chi connectivity index (χ1v) is 5.32. The number of carbonyl (C=O) groups is 1. The molecule has 2 aromatic carbocycles. The second kappa shape index (κ2) is 4.70. The van der Waals surface area contributed by atoms with Crippen LogP contribution in [-0.2, 0) is 0 Å². The molecule has 0 radical (unpaired) electrons. The molecular formula is C14H13NO2. The second-order valence-corrected chi connectivity index (χ2v) is 3.87. The molecule has 2 N–H and O–H groups in total. The number of rotatable bonds is 2. The van der Waals surface area contributed by atoms with Crippen molar-refractivity contribution in [2.24, 2.45) is 0 Å². The van der Waals surface area contributed by atoms with Crippen LogP contribution in [0.25, 0.3) is 0 Å². The molecular weight excluding hydrogens is 214 g/mol. The largest absolute Gasteiger partial charge is 0.508 e. The fourth-order valence-corrected chi connectivity index (χ4v) is 1.57. The van der Waals surface area contributed by atoms with Crippen LogP contribution in [0.4, 0.5) is 5.69 Å². The molecule has 3 heteroatoms. The second-order valence-electron chi connectivity index (χ2n) is 3.87. The van der Waals surface area contributed by atoms with Gasteiger partial charge < -0.3 is 10.4 Å². The first kappa shape index (κ1) is 11.2. The molecule has 86 valence electrons. The van der Waals surface area contributed by atoms with Gasteiger partial charge in [0.1, 0.15) is 5.75 Å². The first-order chi connectivity index (χ1) is 8.15. The van der Waals surface area contributed by atoms with Gasteiger partial charge >= 0.3 is 0 Å². The monoisotopic (exact) mass is 227 g/mol. The van der Waals surface area contributed by atoms with E-state index in [0.717, 1.165) is 11.3 Å². The van der Waals surface area contributed by atoms with Gasteiger partial charge in [0.15, 0.2) is 0 Å². The summed E-state index contributed by atoms with van der Waals surface area (Å²) in [5.74, 6) is -0.145. The number of phenolic OH excluding ortho intramolecular Hbond substituents is 1. The Labute approximate surface area is 99.7 Å². The van der Waals surface area contributed by atoms with Crippen LogP contribution in [0.2, 0.25) is 0 Å². The van der Waals surface area contributed by atoms with Crippen LogP contribution in [0.5, 0.6) is 5.75 Å². The van der Waals surface area contributed by atoms with E-state index in [1.165, 1.54) is 12.1 Å². The summed E-state index contributed by atoms with van der Waals surface area (Å²) in [7, 11) is 0. The van der Waals surface area contributed by atoms with Gasteiger partial charge in [-0.05, 0) is 42.8 Å². The Morgan fingerprint density at radius 2 is 1.88 bits per heavy atom. The third kappa shape index (κ3) is 2.84. The number of phenols is 1. The summed E-state index contributed by atoms with van der Waals surface area (Å²) in [6.07, 6.45) is 0. The normalized spacial score (nSPS) is 9.94. The van der Waals surface area contributed by atoms with Crippen LogP contribution < -0.4 is 5.32 Å². The fraction of sp³-hybridized carbons (Fsp3) is 0.0714. The Morgan fingerprint density at radius 3 is 2.59 bits per heavy atom. The number of carbonyl (C=O) groups excluding carboxylic acids is 1. The number of anilines is 1. The van der Waals surface area contributed by atoms with Crippen LogP contribution in [0, 0.1) is 6.92 Å². The zero-order valence-electron chi connectivity index (χ0n) is 9.47. The van der Waals surface area contributed by atoms with Crippen molar-refractivity contribution < 1.29 is 9.90 Å². The van der Waals surface area contributed by atoms with Crippen LogP contribution in [-0.4, -0.2) is 11.0 Å². The predicted molar refractivity (Wildman–Crippen MR) is 67.2 cm³/mol. The SMILES string of the molecule is Cc1cccc(NC(=O)c2cccc(O)c2)c1. The van der Waals surface area contributed by atoms with Gasteiger partial charge in [-0.2, -0.15) is 0 Å². The molecule has 3 nitrogen and oxygen atoms in total. The van der Waals surface area contributed by atoms with Gasteiger partial charge in [-0.1, -0.05) is 18.2 Å². The van der Waals surface area contributed by atoms with Gasteiger partial charge in [-0.15, -0.1) is 0 Å². The number of hydrogen-bond donors (Lipinski definition) is 2. The summed E-state index contributed by atoms with van der Waals surface area (Å²) in [5, 5.41) is 12.1. The van der Waals surface area contributed by atoms with Crippen LogP contribution in [0.1, 0.15) is 15.9 Å². The Kier molecular flexibility index (Phi) is 3.10. The molecule has 0 heterocycles. The van der Waals surface area contributed by atoms with E-state index in [-0.39, 0.29) is 11.7 Å². The quantitative estimate of drug-likeness (QED) is 0.828. The molecule has 2 aromatic rings. The summed E-state index contributed by atoms with van der Waals surface area (Å²) in [6.45, 7) is 1.96. The molecule has 17 heavy (non-hydrogen) atoms. The molecule has 0 spiro atoms. The molecule has 2 rings (SSSR count). The maximum atomic E-state index is 11.9. The summed E-state index contributed by atoms with van der Waals surface area (Å²) in [6, 6.07) is 13.8. The molecule has 0 fully saturated rings. The van der Waals surface area contributed by atoms with Crippen molar-refractivity contribution in [3.8, 4) is 5.75 Å². The van der Waals surface area contributed by atoms with Gasteiger partial charge in [-0.3, -0.25) is 4.79 Å². The van der Waals surface area contributed by atoms with Crippen molar-refractivity contribution in [1.82, 2.24) is 0 Å². The minimum Gasteiger partial charge on any atom is -0.508 e. The highest BCUT2D eigenvalue weighted by atomic mass is 16.3. The molecule has 1 amide bonds. The molecule has 0 aromatic heterocycles. The van der Waals surface area contributed by atoms with Gasteiger partial charge in [0, 0.05) is 11.3 Å². The van der Waals surface area contributed by atoms with Crippen LogP contribution in [0.3, 0.4) is 0 Å². The molecule has 0 aliphatic carbocycles. The Morgan fingerprint density at radius 1 is 1.12 bits per heavy atom. The summed E-state index contributed by atoms with van der Waals surface area (Å²) in [4.78, 5) is 11.9. The molecule has 0 unspecified atom stereocenters. The summed E-state index contributed by atoms with van der Waals surface area (Å²) < 4.78 is 0. The third-order valence-electron chi connectivity index (χ3n) is 2.38. The average Bonchev–Trinajstić information content (AvgIpc) is 2.29. The number of hydrogen-bond acceptors (Lipinski definition) is 2. The first-order valence-electron chi connectivity index (χ1n) is 5.32. The van der Waals surface area contributed by atoms with E-state index in [1.807, 2.05) is 31.2 Å². The van der Waals surface area contributed by atoms with Crippen molar-refractivity contribution >= 4 is 11.6 Å². The molecule has 0 saturated heterocycles. The zero-order valence-corrected chi connectivity index (χ0v) is 9.47. The number of aromatic hydroxyl groups is 1. The highest BCUT2D eigenvalue weighted by molar-refractivity contribution is 6.04. The van der Waals surface area contributed by atoms with Crippen molar-refractivity contribution in [1.29, 1.82) is 0 Å². The highest BCUT2D eigenvalue weighted by Gasteiger charge is 2.06. The van der Waals surface area contributed by atoms with Crippen molar-refractivity contribution in [3.05, 3.63) is 59.7 Å². The van der Waals surface area contributed by atoms with Crippen molar-refractivity contribution in [2.75, 3.05) is 5.32 Å². The average molecular weight is 227 g/mol. The lowest BCUT2D eigenvalue weighted by molar-refractivity contribution is 0.102. The van der Waals surface area contributed by atoms with Gasteiger partial charge in [-0.25, -0.2) is 0 Å². The molecule has 0 aliphatic rings. The Bertz CT molecular complexity index is 549. The van der Waals surface area contributed by atoms with Crippen molar-refractivity contribution in [2.45, 2.75) is 6.92 Å². The molecule has 0 atom stereocenters. The van der Waals surface area contributed by atoms with E-state index >= 15 is 0 Å². The lowest BCUT2D eigenvalue weighted by Crippen LogP contribution is -2.11. The van der Waals surface area contributed by atoms with Gasteiger partial charge in [0.2, 0.25) is 0 Å². The van der Waals surface area contributed by atoms with Crippen LogP contribution >= 0.6 is 0 Å². The van der Waals surface area contributed by atoms with E-state index < -0.39 is 0 Å². The topological polar surface area (TPSA) is 49.3 Å². The van der Waals surface area contributed by atoms with Gasteiger partial charge in [0.05, 0.1) is 0 Å². The van der Waals surface area contributed by atoms with E-state index in [1.54, 1.807) is 12.1 Å². The Balaban J connectivity index is 2.17. The number of nitrogens with one attached hydrogen (secondary N) is 1. The smallest absolute Gasteiger partial charge is 0.255 e. The van der Waals surface area contributed by atoms with E-state index in [4.69, 9.17) is 0 Å². The maximum absolute atomic E-state index is 11.9. The minimum absolute atomic E-state index is 0.0851. The zero-order chi connectivity index (χ0) is 12.3. The van der Waals surface area contributed by atoms with E-state index in [0.29, 0.717) is 5.56 Å². The van der Waals surface area contributed by atoms with E-state index in [2.05, 4.69) is 5.32 Å². The molecule has 0 bridgehead atoms. The fourth-order valence-electron chi connectivity index (χ4n) is 1.57. The Hall–Kier alpha value is -2.29. The predicted octanol–water partition coefficient (Wildman–Crippen LogP) is 2.95. The summed E-state index contributed by atoms with van der Waals surface area (Å²) >= 11 is 0. The lowest BCUT2D eigenvalue weighted by Gasteiger charge is -2.06. The highest BCUT2D eigenvalue weighted by Crippen LogP contribution is 2.14. The van der Waals surface area contributed by atoms with Crippen LogP contribution in [0.15, 0.2) is 48.5 Å². The standard InChI is InChI=1S/C14H13NO2/c1-10-4-2-6-12(8-10)15-14(17)11-5-3-7-13(16)9-11/h2-9,16H,1H3,(H,15,17). The maximum Gasteiger partial charge on any atom is 0.255 e. The summed E-state index contributed by atoms with van der Waals surface area (Å²) in [5.41, 5.74) is 2.27. The number of benzene rings is 2. The molecule has 0 aliphatic heterocycles. The molecule has 0 saturated carbocycles. The third-order valence-corrected chi connectivity index (χ3v) is 2.38.